The molecule has 1 unspecified atom stereocenters. The van der Waals surface area contributed by atoms with Crippen molar-refractivity contribution in [1.29, 1.82) is 0 Å². The first kappa shape index (κ1) is 9.74. The Hall–Kier alpha value is -0.800. The summed E-state index contributed by atoms with van der Waals surface area (Å²) in [5.41, 5.74) is 0. The molecule has 3 nitrogen and oxygen atoms in total. The first-order valence-corrected chi connectivity index (χ1v) is 5.40. The largest absolute Gasteiger partial charge is 0.468 e. The van der Waals surface area contributed by atoms with Crippen LogP contribution in [0.4, 0.5) is 0 Å². The molecule has 14 heavy (non-hydrogen) atoms. The number of hydrogen-bond donors (Lipinski definition) is 1. The highest BCUT2D eigenvalue weighted by molar-refractivity contribution is 5.04. The molecule has 78 valence electrons. The fourth-order valence-corrected chi connectivity index (χ4v) is 2.11. The maximum atomic E-state index is 5.48. The van der Waals surface area contributed by atoms with E-state index in [1.807, 2.05) is 6.07 Å². The topological polar surface area (TPSA) is 28.4 Å². The van der Waals surface area contributed by atoms with Gasteiger partial charge in [0, 0.05) is 26.2 Å². The van der Waals surface area contributed by atoms with E-state index >= 15 is 0 Å². The smallest absolute Gasteiger partial charge is 0.120 e. The fraction of sp³-hybridized carbons (Fsp3) is 0.636. The molecule has 0 bridgehead atoms. The van der Waals surface area contributed by atoms with Crippen LogP contribution in [0.2, 0.25) is 0 Å². The van der Waals surface area contributed by atoms with Gasteiger partial charge < -0.3 is 9.73 Å². The molecule has 2 rings (SSSR count). The van der Waals surface area contributed by atoms with Crippen LogP contribution in [-0.4, -0.2) is 31.1 Å². The lowest BCUT2D eigenvalue weighted by Crippen LogP contribution is -2.44. The first-order valence-electron chi connectivity index (χ1n) is 5.40. The van der Waals surface area contributed by atoms with Crippen LogP contribution < -0.4 is 5.32 Å². The molecule has 0 amide bonds. The Morgan fingerprint density at radius 1 is 1.50 bits per heavy atom. The molecular weight excluding hydrogens is 176 g/mol. The van der Waals surface area contributed by atoms with Crippen molar-refractivity contribution >= 4 is 0 Å². The van der Waals surface area contributed by atoms with Crippen molar-refractivity contribution in [3.05, 3.63) is 24.2 Å². The molecule has 1 N–H and O–H groups in total. The molecule has 0 aromatic carbocycles. The highest BCUT2D eigenvalue weighted by Gasteiger charge is 2.22. The molecule has 1 atom stereocenters. The summed E-state index contributed by atoms with van der Waals surface area (Å²) in [6, 6.07) is 4.52. The predicted molar refractivity (Wildman–Crippen MR) is 56.2 cm³/mol. The Kier molecular flexibility index (Phi) is 3.22. The molecule has 0 saturated carbocycles. The normalized spacial score (nSPS) is 20.9. The van der Waals surface area contributed by atoms with Crippen molar-refractivity contribution in [1.82, 2.24) is 10.2 Å². The summed E-state index contributed by atoms with van der Waals surface area (Å²) < 4.78 is 5.48. The molecule has 0 aliphatic carbocycles. The minimum atomic E-state index is 0.465. The van der Waals surface area contributed by atoms with Crippen LogP contribution >= 0.6 is 0 Å². The Bertz CT molecular complexity index is 252. The minimum Gasteiger partial charge on any atom is -0.468 e. The molecular formula is C11H18N2O. The Balaban J connectivity index is 2.04. The van der Waals surface area contributed by atoms with Crippen molar-refractivity contribution in [3.63, 3.8) is 0 Å². The summed E-state index contributed by atoms with van der Waals surface area (Å²) in [6.45, 7) is 6.65. The lowest BCUT2D eigenvalue weighted by Gasteiger charge is -2.33. The molecule has 2 heterocycles. The number of nitrogens with one attached hydrogen (secondary N) is 1. The summed E-state index contributed by atoms with van der Waals surface area (Å²) in [4.78, 5) is 2.50. The fourth-order valence-electron chi connectivity index (χ4n) is 2.11. The van der Waals surface area contributed by atoms with Gasteiger partial charge in [0.15, 0.2) is 0 Å². The van der Waals surface area contributed by atoms with E-state index in [0.29, 0.717) is 6.04 Å². The second-order valence-corrected chi connectivity index (χ2v) is 3.73. The maximum absolute atomic E-state index is 5.48. The van der Waals surface area contributed by atoms with Gasteiger partial charge in [0.25, 0.3) is 0 Å². The van der Waals surface area contributed by atoms with Crippen LogP contribution in [0.5, 0.6) is 0 Å². The standard InChI is InChI=1S/C11H18N2O/c1-2-10(11-4-3-9-14-11)13-7-5-12-6-8-13/h3-4,9-10,12H,2,5-8H2,1H3. The van der Waals surface area contributed by atoms with Gasteiger partial charge in [-0.3, -0.25) is 4.90 Å². The number of rotatable bonds is 3. The van der Waals surface area contributed by atoms with E-state index in [-0.39, 0.29) is 0 Å². The lowest BCUT2D eigenvalue weighted by atomic mass is 10.1. The second-order valence-electron chi connectivity index (χ2n) is 3.73. The van der Waals surface area contributed by atoms with Crippen molar-refractivity contribution in [2.75, 3.05) is 26.2 Å². The number of piperazine rings is 1. The lowest BCUT2D eigenvalue weighted by molar-refractivity contribution is 0.150. The Labute approximate surface area is 85.1 Å². The number of hydrogen-bond acceptors (Lipinski definition) is 3. The quantitative estimate of drug-likeness (QED) is 0.793. The minimum absolute atomic E-state index is 0.465. The van der Waals surface area contributed by atoms with Gasteiger partial charge in [-0.15, -0.1) is 0 Å². The van der Waals surface area contributed by atoms with Crippen molar-refractivity contribution in [2.24, 2.45) is 0 Å². The van der Waals surface area contributed by atoms with E-state index in [2.05, 4.69) is 23.2 Å². The van der Waals surface area contributed by atoms with Gasteiger partial charge in [0.05, 0.1) is 12.3 Å². The summed E-state index contributed by atoms with van der Waals surface area (Å²) >= 11 is 0. The molecule has 1 fully saturated rings. The van der Waals surface area contributed by atoms with Gasteiger partial charge in [0.2, 0.25) is 0 Å². The second kappa shape index (κ2) is 4.62. The first-order chi connectivity index (χ1) is 6.92. The predicted octanol–water partition coefficient (Wildman–Crippen LogP) is 1.64. The molecule has 0 radical (unpaired) electrons. The zero-order valence-corrected chi connectivity index (χ0v) is 8.70. The third-order valence-electron chi connectivity index (χ3n) is 2.85. The zero-order valence-electron chi connectivity index (χ0n) is 8.70. The van der Waals surface area contributed by atoms with Gasteiger partial charge in [-0.2, -0.15) is 0 Å². The molecule has 1 aliphatic rings. The summed E-state index contributed by atoms with van der Waals surface area (Å²) in [6.07, 6.45) is 2.88. The van der Waals surface area contributed by atoms with E-state index in [1.165, 1.54) is 0 Å². The molecule has 0 spiro atoms. The average molecular weight is 194 g/mol. The molecule has 3 heteroatoms. The SMILES string of the molecule is CCC(c1ccco1)N1CCNCC1. The van der Waals surface area contributed by atoms with Crippen LogP contribution in [-0.2, 0) is 0 Å². The molecule has 1 aromatic heterocycles. The van der Waals surface area contributed by atoms with Crippen molar-refractivity contribution in [2.45, 2.75) is 19.4 Å². The van der Waals surface area contributed by atoms with Crippen LogP contribution in [0.25, 0.3) is 0 Å². The van der Waals surface area contributed by atoms with Gasteiger partial charge in [-0.1, -0.05) is 6.92 Å². The zero-order chi connectivity index (χ0) is 9.80. The van der Waals surface area contributed by atoms with E-state index in [0.717, 1.165) is 38.4 Å². The van der Waals surface area contributed by atoms with Crippen molar-refractivity contribution < 1.29 is 4.42 Å². The van der Waals surface area contributed by atoms with Crippen LogP contribution in [0, 0.1) is 0 Å². The average Bonchev–Trinajstić information content (AvgIpc) is 2.74. The maximum Gasteiger partial charge on any atom is 0.120 e. The van der Waals surface area contributed by atoms with Gasteiger partial charge in [-0.05, 0) is 18.6 Å². The monoisotopic (exact) mass is 194 g/mol. The highest BCUT2D eigenvalue weighted by atomic mass is 16.3. The summed E-state index contributed by atoms with van der Waals surface area (Å²) in [7, 11) is 0. The van der Waals surface area contributed by atoms with E-state index in [9.17, 15) is 0 Å². The Morgan fingerprint density at radius 3 is 2.86 bits per heavy atom. The Morgan fingerprint density at radius 2 is 2.29 bits per heavy atom. The van der Waals surface area contributed by atoms with Gasteiger partial charge in [0.1, 0.15) is 5.76 Å². The van der Waals surface area contributed by atoms with E-state index < -0.39 is 0 Å². The highest BCUT2D eigenvalue weighted by Crippen LogP contribution is 2.24. The van der Waals surface area contributed by atoms with Crippen LogP contribution in [0.1, 0.15) is 25.1 Å². The number of nitrogens with zero attached hydrogens (tertiary/aromatic N) is 1. The van der Waals surface area contributed by atoms with Crippen LogP contribution in [0.3, 0.4) is 0 Å². The summed E-state index contributed by atoms with van der Waals surface area (Å²) in [5, 5.41) is 3.37. The van der Waals surface area contributed by atoms with Gasteiger partial charge >= 0.3 is 0 Å². The summed E-state index contributed by atoms with van der Waals surface area (Å²) in [5.74, 6) is 1.11. The van der Waals surface area contributed by atoms with E-state index in [4.69, 9.17) is 4.42 Å². The molecule has 1 aromatic rings. The third-order valence-corrected chi connectivity index (χ3v) is 2.85. The molecule has 1 saturated heterocycles. The number of furan rings is 1. The molecule has 1 aliphatic heterocycles. The third kappa shape index (κ3) is 1.99. The van der Waals surface area contributed by atoms with Gasteiger partial charge in [-0.25, -0.2) is 0 Å². The van der Waals surface area contributed by atoms with Crippen LogP contribution in [0.15, 0.2) is 22.8 Å². The van der Waals surface area contributed by atoms with E-state index in [1.54, 1.807) is 6.26 Å². The van der Waals surface area contributed by atoms with Crippen molar-refractivity contribution in [3.8, 4) is 0 Å².